The van der Waals surface area contributed by atoms with E-state index in [0.29, 0.717) is 0 Å². The fourth-order valence-electron chi connectivity index (χ4n) is 1.31. The molecule has 0 saturated carbocycles. The number of sulfonamides is 1. The van der Waals surface area contributed by atoms with Crippen molar-refractivity contribution >= 4 is 35.4 Å². The van der Waals surface area contributed by atoms with E-state index in [-0.39, 0.29) is 29.0 Å². The third-order valence-electron chi connectivity index (χ3n) is 2.21. The van der Waals surface area contributed by atoms with Gasteiger partial charge >= 0.3 is 0 Å². The molecule has 0 aliphatic carbocycles. The Morgan fingerprint density at radius 2 is 1.70 bits per heavy atom. The molecule has 0 amide bonds. The maximum atomic E-state index is 11.7. The van der Waals surface area contributed by atoms with Gasteiger partial charge in [-0.15, -0.1) is 0 Å². The van der Waals surface area contributed by atoms with E-state index in [2.05, 4.69) is 4.72 Å². The van der Waals surface area contributed by atoms with Crippen LogP contribution in [0.2, 0.25) is 0 Å². The van der Waals surface area contributed by atoms with Crippen LogP contribution in [0.15, 0.2) is 29.2 Å². The number of benzene rings is 1. The summed E-state index contributed by atoms with van der Waals surface area (Å²) >= 11 is 0. The van der Waals surface area contributed by atoms with Crippen molar-refractivity contribution in [3.8, 4) is 0 Å². The lowest BCUT2D eigenvalue weighted by Gasteiger charge is -2.10. The number of hydrogen-bond acceptors (Lipinski definition) is 5. The summed E-state index contributed by atoms with van der Waals surface area (Å²) in [6.45, 7) is 3.71. The van der Waals surface area contributed by atoms with Gasteiger partial charge in [-0.05, 0) is 38.1 Å². The van der Waals surface area contributed by atoms with Crippen molar-refractivity contribution in [1.29, 1.82) is 0 Å². The summed E-state index contributed by atoms with van der Waals surface area (Å²) in [6, 6.07) is 5.11. The van der Waals surface area contributed by atoms with Crippen molar-refractivity contribution in [2.75, 3.05) is 17.1 Å². The first-order chi connectivity index (χ1) is 9.10. The second kappa shape index (κ2) is 6.75. The van der Waals surface area contributed by atoms with E-state index in [4.69, 9.17) is 15.4 Å². The van der Waals surface area contributed by atoms with Crippen molar-refractivity contribution in [3.05, 3.63) is 24.3 Å². The third kappa shape index (κ3) is 6.08. The molecule has 114 valence electrons. The van der Waals surface area contributed by atoms with E-state index in [1.165, 1.54) is 24.3 Å². The van der Waals surface area contributed by atoms with Crippen LogP contribution in [0.25, 0.3) is 0 Å². The van der Waals surface area contributed by atoms with Crippen LogP contribution in [0.3, 0.4) is 0 Å². The Bertz CT molecular complexity index is 638. The molecule has 1 aromatic carbocycles. The van der Waals surface area contributed by atoms with Crippen LogP contribution >= 0.6 is 10.7 Å². The van der Waals surface area contributed by atoms with Crippen molar-refractivity contribution in [1.82, 2.24) is 0 Å². The molecular weight excluding hydrogens is 326 g/mol. The number of halogens is 1. The van der Waals surface area contributed by atoms with Crippen molar-refractivity contribution in [2.24, 2.45) is 0 Å². The lowest BCUT2D eigenvalue weighted by Crippen LogP contribution is -2.21. The molecule has 1 rings (SSSR count). The summed E-state index contributed by atoms with van der Waals surface area (Å²) in [5.41, 5.74) is 0.263. The Labute approximate surface area is 123 Å². The Kier molecular flexibility index (Phi) is 5.81. The van der Waals surface area contributed by atoms with E-state index in [1.54, 1.807) is 0 Å². The van der Waals surface area contributed by atoms with E-state index >= 15 is 0 Å². The third-order valence-corrected chi connectivity index (χ3v) is 4.83. The zero-order chi connectivity index (χ0) is 15.4. The Hall–Kier alpha value is -0.830. The molecule has 0 radical (unpaired) electrons. The number of nitrogens with one attached hydrogen (secondary N) is 1. The number of anilines is 1. The summed E-state index contributed by atoms with van der Waals surface area (Å²) in [4.78, 5) is -0.0924. The summed E-state index contributed by atoms with van der Waals surface area (Å²) < 4.78 is 53.0. The maximum absolute atomic E-state index is 11.7. The smallest absolute Gasteiger partial charge is 0.261 e. The normalized spacial score (nSPS) is 12.6. The van der Waals surface area contributed by atoms with Gasteiger partial charge in [0.2, 0.25) is 10.0 Å². The van der Waals surface area contributed by atoms with Gasteiger partial charge in [-0.3, -0.25) is 4.72 Å². The molecule has 0 spiro atoms. The molecule has 0 heterocycles. The standard InChI is InChI=1S/C11H16ClNO5S2/c1-9(2)18-7-8-19(14,15)13-10-3-5-11(6-4-10)20(12,16)17/h3-6,9,13H,7-8H2,1-2H3. The van der Waals surface area contributed by atoms with Gasteiger partial charge in [-0.25, -0.2) is 16.8 Å². The SMILES string of the molecule is CC(C)OCCS(=O)(=O)Nc1ccc(S(=O)(=O)Cl)cc1. The van der Waals surface area contributed by atoms with Gasteiger partial charge in [0.15, 0.2) is 0 Å². The molecule has 0 aliphatic rings. The Morgan fingerprint density at radius 1 is 1.15 bits per heavy atom. The monoisotopic (exact) mass is 341 g/mol. The van der Waals surface area contributed by atoms with Crippen molar-refractivity contribution in [2.45, 2.75) is 24.8 Å². The largest absolute Gasteiger partial charge is 0.378 e. The first-order valence-corrected chi connectivity index (χ1v) is 9.73. The predicted molar refractivity (Wildman–Crippen MR) is 78.0 cm³/mol. The van der Waals surface area contributed by atoms with Gasteiger partial charge in [0.1, 0.15) is 0 Å². The minimum Gasteiger partial charge on any atom is -0.378 e. The first kappa shape index (κ1) is 17.2. The topological polar surface area (TPSA) is 89.5 Å². The summed E-state index contributed by atoms with van der Waals surface area (Å²) in [5, 5.41) is 0. The van der Waals surface area contributed by atoms with E-state index in [9.17, 15) is 16.8 Å². The highest BCUT2D eigenvalue weighted by atomic mass is 35.7. The Morgan fingerprint density at radius 3 is 2.15 bits per heavy atom. The lowest BCUT2D eigenvalue weighted by atomic mass is 10.3. The molecule has 1 N–H and O–H groups in total. The van der Waals surface area contributed by atoms with Gasteiger partial charge in [0.25, 0.3) is 9.05 Å². The fourth-order valence-corrected chi connectivity index (χ4v) is 2.99. The van der Waals surface area contributed by atoms with Crippen LogP contribution in [0.5, 0.6) is 0 Å². The average molecular weight is 342 g/mol. The van der Waals surface area contributed by atoms with Crippen molar-refractivity contribution < 1.29 is 21.6 Å². The molecule has 1 aromatic rings. The highest BCUT2D eigenvalue weighted by molar-refractivity contribution is 8.13. The summed E-state index contributed by atoms with van der Waals surface area (Å²) in [5.74, 6) is -0.180. The second-order valence-electron chi connectivity index (χ2n) is 4.30. The molecule has 0 bridgehead atoms. The van der Waals surface area contributed by atoms with Crippen molar-refractivity contribution in [3.63, 3.8) is 0 Å². The minimum atomic E-state index is -3.81. The molecule has 20 heavy (non-hydrogen) atoms. The molecule has 0 atom stereocenters. The van der Waals surface area contributed by atoms with Crippen LogP contribution < -0.4 is 4.72 Å². The molecule has 0 fully saturated rings. The van der Waals surface area contributed by atoms with Gasteiger partial charge < -0.3 is 4.74 Å². The van der Waals surface area contributed by atoms with E-state index < -0.39 is 19.1 Å². The molecule has 0 aliphatic heterocycles. The molecule has 0 unspecified atom stereocenters. The average Bonchev–Trinajstić information content (AvgIpc) is 2.26. The lowest BCUT2D eigenvalue weighted by molar-refractivity contribution is 0.0913. The summed E-state index contributed by atoms with van der Waals surface area (Å²) in [6.07, 6.45) is -0.0431. The van der Waals surface area contributed by atoms with Crippen LogP contribution in [-0.4, -0.2) is 35.3 Å². The zero-order valence-corrected chi connectivity index (χ0v) is 13.4. The highest BCUT2D eigenvalue weighted by Gasteiger charge is 2.13. The molecular formula is C11H16ClNO5S2. The molecule has 0 saturated heterocycles. The Balaban J connectivity index is 2.68. The van der Waals surface area contributed by atoms with Gasteiger partial charge in [-0.2, -0.15) is 0 Å². The van der Waals surface area contributed by atoms with E-state index in [0.717, 1.165) is 0 Å². The quantitative estimate of drug-likeness (QED) is 0.763. The molecule has 9 heteroatoms. The van der Waals surface area contributed by atoms with Gasteiger partial charge in [0, 0.05) is 16.4 Å². The van der Waals surface area contributed by atoms with Crippen LogP contribution in [0.1, 0.15) is 13.8 Å². The second-order valence-corrected chi connectivity index (χ2v) is 8.71. The minimum absolute atomic E-state index is 0.0431. The van der Waals surface area contributed by atoms with E-state index in [1.807, 2.05) is 13.8 Å². The van der Waals surface area contributed by atoms with Gasteiger partial charge in [0.05, 0.1) is 23.4 Å². The predicted octanol–water partition coefficient (Wildman–Crippen LogP) is 1.78. The molecule has 0 aromatic heterocycles. The fraction of sp³-hybridized carbons (Fsp3) is 0.455. The number of ether oxygens (including phenoxy) is 1. The summed E-state index contributed by atoms with van der Waals surface area (Å²) in [7, 11) is -2.19. The van der Waals surface area contributed by atoms with Crippen LogP contribution in [-0.2, 0) is 23.8 Å². The van der Waals surface area contributed by atoms with Crippen LogP contribution in [0.4, 0.5) is 5.69 Å². The first-order valence-electron chi connectivity index (χ1n) is 5.77. The maximum Gasteiger partial charge on any atom is 0.261 e. The number of hydrogen-bond donors (Lipinski definition) is 1. The highest BCUT2D eigenvalue weighted by Crippen LogP contribution is 2.18. The zero-order valence-electron chi connectivity index (χ0n) is 11.0. The van der Waals surface area contributed by atoms with Crippen LogP contribution in [0, 0.1) is 0 Å². The van der Waals surface area contributed by atoms with Gasteiger partial charge in [-0.1, -0.05) is 0 Å². The number of rotatable bonds is 7. The molecule has 6 nitrogen and oxygen atoms in total.